The number of rotatable bonds is 7. The van der Waals surface area contributed by atoms with Crippen LogP contribution in [0.25, 0.3) is 0 Å². The summed E-state index contributed by atoms with van der Waals surface area (Å²) in [5.74, 6) is 1.58. The van der Waals surface area contributed by atoms with E-state index in [-0.39, 0.29) is 6.10 Å². The molecule has 3 rings (SSSR count). The quantitative estimate of drug-likeness (QED) is 0.665. The van der Waals surface area contributed by atoms with Gasteiger partial charge in [-0.2, -0.15) is 0 Å². The Hall–Kier alpha value is -2.04. The Morgan fingerprint density at radius 2 is 2.00 bits per heavy atom. The summed E-state index contributed by atoms with van der Waals surface area (Å²) in [7, 11) is 0. The van der Waals surface area contributed by atoms with Crippen LogP contribution in [0, 0.1) is 0 Å². The van der Waals surface area contributed by atoms with Gasteiger partial charge in [0.15, 0.2) is 0 Å². The van der Waals surface area contributed by atoms with Gasteiger partial charge >= 0.3 is 0 Å². The smallest absolute Gasteiger partial charge is 0.150 e. The van der Waals surface area contributed by atoms with Gasteiger partial charge in [-0.1, -0.05) is 23.7 Å². The van der Waals surface area contributed by atoms with Gasteiger partial charge in [-0.3, -0.25) is 9.69 Å². The van der Waals surface area contributed by atoms with Crippen LogP contribution in [0.1, 0.15) is 35.7 Å². The van der Waals surface area contributed by atoms with Crippen molar-refractivity contribution < 1.29 is 14.3 Å². The van der Waals surface area contributed by atoms with Crippen molar-refractivity contribution in [3.63, 3.8) is 0 Å². The molecule has 1 aliphatic heterocycles. The number of likely N-dealkylation sites (tertiary alicyclic amines) is 1. The predicted molar refractivity (Wildman–Crippen MR) is 103 cm³/mol. The zero-order chi connectivity index (χ0) is 18.4. The number of hydrogen-bond acceptors (Lipinski definition) is 4. The van der Waals surface area contributed by atoms with Crippen LogP contribution in [-0.2, 0) is 6.54 Å². The van der Waals surface area contributed by atoms with Crippen molar-refractivity contribution >= 4 is 17.9 Å². The average Bonchev–Trinajstić information content (AvgIpc) is 2.65. The van der Waals surface area contributed by atoms with E-state index in [0.29, 0.717) is 22.9 Å². The van der Waals surface area contributed by atoms with Crippen molar-refractivity contribution in [2.45, 2.75) is 32.4 Å². The number of ether oxygens (including phenoxy) is 2. The third kappa shape index (κ3) is 4.99. The van der Waals surface area contributed by atoms with E-state index in [1.807, 2.05) is 19.1 Å². The minimum Gasteiger partial charge on any atom is -0.494 e. The zero-order valence-corrected chi connectivity index (χ0v) is 15.7. The summed E-state index contributed by atoms with van der Waals surface area (Å²) in [5.41, 5.74) is 1.83. The van der Waals surface area contributed by atoms with Gasteiger partial charge in [0.25, 0.3) is 0 Å². The van der Waals surface area contributed by atoms with Crippen LogP contribution < -0.4 is 9.47 Å². The van der Waals surface area contributed by atoms with Crippen LogP contribution >= 0.6 is 11.6 Å². The second-order valence-electron chi connectivity index (χ2n) is 6.48. The molecule has 0 saturated carbocycles. The molecule has 1 heterocycles. The molecule has 0 aromatic heterocycles. The van der Waals surface area contributed by atoms with E-state index in [2.05, 4.69) is 17.0 Å². The summed E-state index contributed by atoms with van der Waals surface area (Å²) in [4.78, 5) is 13.2. The molecule has 2 aromatic rings. The van der Waals surface area contributed by atoms with Crippen LogP contribution in [-0.4, -0.2) is 37.0 Å². The lowest BCUT2D eigenvalue weighted by Crippen LogP contribution is -2.37. The lowest BCUT2D eigenvalue weighted by atomic mass is 10.1. The number of aldehydes is 1. The lowest BCUT2D eigenvalue weighted by Gasteiger charge is -2.32. The van der Waals surface area contributed by atoms with E-state index in [0.717, 1.165) is 44.5 Å². The first-order chi connectivity index (χ1) is 12.7. The van der Waals surface area contributed by atoms with E-state index < -0.39 is 0 Å². The fourth-order valence-electron chi connectivity index (χ4n) is 3.21. The second-order valence-corrected chi connectivity index (χ2v) is 6.89. The molecular weight excluding hydrogens is 350 g/mol. The van der Waals surface area contributed by atoms with Crippen molar-refractivity contribution in [2.75, 3.05) is 19.7 Å². The minimum absolute atomic E-state index is 0.153. The van der Waals surface area contributed by atoms with E-state index in [9.17, 15) is 4.79 Å². The SMILES string of the molecule is CCOc1cccc(CN2CCC(Oc3ccc(C=O)cc3Cl)CC2)c1. The third-order valence-corrected chi connectivity index (χ3v) is 4.83. The number of carbonyl (C=O) groups excluding carboxylic acids is 1. The molecule has 0 radical (unpaired) electrons. The second kappa shape index (κ2) is 9.06. The monoisotopic (exact) mass is 373 g/mol. The minimum atomic E-state index is 0.153. The van der Waals surface area contributed by atoms with Crippen molar-refractivity contribution in [2.24, 2.45) is 0 Å². The Labute approximate surface area is 159 Å². The van der Waals surface area contributed by atoms with Crippen molar-refractivity contribution in [3.05, 3.63) is 58.6 Å². The maximum absolute atomic E-state index is 10.8. The van der Waals surface area contributed by atoms with Crippen LogP contribution in [0.5, 0.6) is 11.5 Å². The molecule has 0 N–H and O–H groups in total. The molecule has 0 atom stereocenters. The normalized spacial score (nSPS) is 15.6. The van der Waals surface area contributed by atoms with Crippen LogP contribution in [0.15, 0.2) is 42.5 Å². The molecule has 0 aliphatic carbocycles. The first kappa shape index (κ1) is 18.7. The van der Waals surface area contributed by atoms with Gasteiger partial charge in [-0.15, -0.1) is 0 Å². The molecule has 0 spiro atoms. The van der Waals surface area contributed by atoms with Crippen molar-refractivity contribution in [1.29, 1.82) is 0 Å². The van der Waals surface area contributed by atoms with Gasteiger partial charge in [-0.05, 0) is 55.7 Å². The highest BCUT2D eigenvalue weighted by atomic mass is 35.5. The summed E-state index contributed by atoms with van der Waals surface area (Å²) >= 11 is 6.20. The largest absolute Gasteiger partial charge is 0.494 e. The summed E-state index contributed by atoms with van der Waals surface area (Å²) in [6.45, 7) is 5.56. The molecular formula is C21H24ClNO3. The van der Waals surface area contributed by atoms with Crippen LogP contribution in [0.2, 0.25) is 5.02 Å². The summed E-state index contributed by atoms with van der Waals surface area (Å²) in [6, 6.07) is 13.4. The maximum Gasteiger partial charge on any atom is 0.150 e. The van der Waals surface area contributed by atoms with Gasteiger partial charge < -0.3 is 9.47 Å². The topological polar surface area (TPSA) is 38.8 Å². The van der Waals surface area contributed by atoms with Gasteiger partial charge in [0.05, 0.1) is 11.6 Å². The zero-order valence-electron chi connectivity index (χ0n) is 15.0. The molecule has 2 aromatic carbocycles. The molecule has 1 aliphatic rings. The summed E-state index contributed by atoms with van der Waals surface area (Å²) in [5, 5.41) is 0.491. The first-order valence-electron chi connectivity index (χ1n) is 9.03. The number of halogens is 1. The Morgan fingerprint density at radius 1 is 1.19 bits per heavy atom. The number of piperidine rings is 1. The van der Waals surface area contributed by atoms with Gasteiger partial charge in [0.1, 0.15) is 23.9 Å². The molecule has 0 amide bonds. The standard InChI is InChI=1S/C21H24ClNO3/c1-2-25-19-5-3-4-16(12-19)14-23-10-8-18(9-11-23)26-21-7-6-17(15-24)13-20(21)22/h3-7,12-13,15,18H,2,8-11,14H2,1H3. The number of benzene rings is 2. The highest BCUT2D eigenvalue weighted by Crippen LogP contribution is 2.28. The molecule has 1 saturated heterocycles. The van der Waals surface area contributed by atoms with E-state index in [4.69, 9.17) is 21.1 Å². The molecule has 26 heavy (non-hydrogen) atoms. The molecule has 0 unspecified atom stereocenters. The van der Waals surface area contributed by atoms with E-state index in [1.54, 1.807) is 18.2 Å². The van der Waals surface area contributed by atoms with Gasteiger partial charge in [0, 0.05) is 25.2 Å². The Bertz CT molecular complexity index is 742. The fourth-order valence-corrected chi connectivity index (χ4v) is 3.44. The highest BCUT2D eigenvalue weighted by Gasteiger charge is 2.21. The highest BCUT2D eigenvalue weighted by molar-refractivity contribution is 6.32. The van der Waals surface area contributed by atoms with Gasteiger partial charge in [-0.25, -0.2) is 0 Å². The maximum atomic E-state index is 10.8. The predicted octanol–water partition coefficient (Wildman–Crippen LogP) is 4.59. The Morgan fingerprint density at radius 3 is 2.69 bits per heavy atom. The Kier molecular flexibility index (Phi) is 6.53. The van der Waals surface area contributed by atoms with Crippen LogP contribution in [0.4, 0.5) is 0 Å². The number of hydrogen-bond donors (Lipinski definition) is 0. The molecule has 138 valence electrons. The molecule has 1 fully saturated rings. The average molecular weight is 374 g/mol. The Balaban J connectivity index is 1.51. The van der Waals surface area contributed by atoms with Crippen LogP contribution in [0.3, 0.4) is 0 Å². The third-order valence-electron chi connectivity index (χ3n) is 4.54. The molecule has 5 heteroatoms. The fraction of sp³-hybridized carbons (Fsp3) is 0.381. The van der Waals surface area contributed by atoms with E-state index >= 15 is 0 Å². The summed E-state index contributed by atoms with van der Waals surface area (Å²) in [6.07, 6.45) is 2.85. The number of nitrogens with zero attached hydrogens (tertiary/aromatic N) is 1. The van der Waals surface area contributed by atoms with Gasteiger partial charge in [0.2, 0.25) is 0 Å². The van der Waals surface area contributed by atoms with Crippen molar-refractivity contribution in [3.8, 4) is 11.5 Å². The summed E-state index contributed by atoms with van der Waals surface area (Å²) < 4.78 is 11.6. The molecule has 4 nitrogen and oxygen atoms in total. The van der Waals surface area contributed by atoms with Crippen molar-refractivity contribution in [1.82, 2.24) is 4.90 Å². The molecule has 0 bridgehead atoms. The first-order valence-corrected chi connectivity index (χ1v) is 9.41. The number of carbonyl (C=O) groups is 1. The van der Waals surface area contributed by atoms with E-state index in [1.165, 1.54) is 5.56 Å². The lowest BCUT2D eigenvalue weighted by molar-refractivity contribution is 0.0968.